The summed E-state index contributed by atoms with van der Waals surface area (Å²) in [5, 5.41) is 3.00. The van der Waals surface area contributed by atoms with Gasteiger partial charge in [-0.3, -0.25) is 9.10 Å². The van der Waals surface area contributed by atoms with Gasteiger partial charge in [0.05, 0.1) is 29.1 Å². The summed E-state index contributed by atoms with van der Waals surface area (Å²) < 4.78 is 30.3. The quantitative estimate of drug-likeness (QED) is 0.697. The van der Waals surface area contributed by atoms with E-state index in [-0.39, 0.29) is 22.3 Å². The molecule has 0 heterocycles. The van der Waals surface area contributed by atoms with Crippen LogP contribution >= 0.6 is 23.2 Å². The van der Waals surface area contributed by atoms with Gasteiger partial charge in [0.15, 0.2) is 0 Å². The van der Waals surface area contributed by atoms with Crippen LogP contribution in [0.4, 0.5) is 5.69 Å². The summed E-state index contributed by atoms with van der Waals surface area (Å²) >= 11 is 12.1. The molecule has 0 bridgehead atoms. The number of halogens is 2. The highest BCUT2D eigenvalue weighted by Crippen LogP contribution is 2.33. The van der Waals surface area contributed by atoms with Gasteiger partial charge in [-0.05, 0) is 36.2 Å². The van der Waals surface area contributed by atoms with Crippen molar-refractivity contribution in [2.75, 3.05) is 30.8 Å². The Labute approximate surface area is 169 Å². The fourth-order valence-electron chi connectivity index (χ4n) is 2.39. The Balaban J connectivity index is 2.00. The van der Waals surface area contributed by atoms with Gasteiger partial charge in [-0.1, -0.05) is 41.4 Å². The number of nitrogens with zero attached hydrogens (tertiary/aromatic N) is 1. The Morgan fingerprint density at radius 1 is 1.15 bits per heavy atom. The molecule has 27 heavy (non-hydrogen) atoms. The number of nitrogens with one attached hydrogen (secondary N) is 1. The van der Waals surface area contributed by atoms with Crippen LogP contribution < -0.4 is 14.4 Å². The molecule has 0 unspecified atom stereocenters. The standard InChI is InChI=1S/C18H20Cl2N2O4S/c1-26-14-8-6-13(7-9-14)10-11-21-17(23)12-22(27(2,24)25)16-5-3-4-15(19)18(16)20/h3-9H,10-12H2,1-2H3,(H,21,23). The second-order valence-corrected chi connectivity index (χ2v) is 8.48. The van der Waals surface area contributed by atoms with Gasteiger partial charge < -0.3 is 10.1 Å². The maximum absolute atomic E-state index is 12.2. The molecule has 1 amide bonds. The van der Waals surface area contributed by atoms with Crippen molar-refractivity contribution >= 4 is 44.8 Å². The number of hydrogen-bond donors (Lipinski definition) is 1. The number of methoxy groups -OCH3 is 1. The Kier molecular flexibility index (Phi) is 7.35. The van der Waals surface area contributed by atoms with Crippen LogP contribution in [0, 0.1) is 0 Å². The summed E-state index contributed by atoms with van der Waals surface area (Å²) in [7, 11) is -2.13. The third-order valence-electron chi connectivity index (χ3n) is 3.78. The first-order valence-electron chi connectivity index (χ1n) is 8.03. The summed E-state index contributed by atoms with van der Waals surface area (Å²) in [5.74, 6) is 0.315. The SMILES string of the molecule is COc1ccc(CCNC(=O)CN(c2cccc(Cl)c2Cl)S(C)(=O)=O)cc1. The van der Waals surface area contributed by atoms with E-state index in [0.29, 0.717) is 13.0 Å². The van der Waals surface area contributed by atoms with Gasteiger partial charge in [-0.15, -0.1) is 0 Å². The predicted molar refractivity (Wildman–Crippen MR) is 108 cm³/mol. The second-order valence-electron chi connectivity index (χ2n) is 5.79. The summed E-state index contributed by atoms with van der Waals surface area (Å²) in [6, 6.07) is 12.1. The highest BCUT2D eigenvalue weighted by Gasteiger charge is 2.23. The first kappa shape index (κ1) is 21.3. The fourth-order valence-corrected chi connectivity index (χ4v) is 3.70. The number of sulfonamides is 1. The van der Waals surface area contributed by atoms with E-state index in [1.807, 2.05) is 24.3 Å². The molecule has 9 heteroatoms. The van der Waals surface area contributed by atoms with E-state index in [1.165, 1.54) is 6.07 Å². The number of carbonyl (C=O) groups is 1. The lowest BCUT2D eigenvalue weighted by molar-refractivity contribution is -0.119. The number of hydrogen-bond acceptors (Lipinski definition) is 4. The highest BCUT2D eigenvalue weighted by atomic mass is 35.5. The molecule has 0 aliphatic heterocycles. The Morgan fingerprint density at radius 2 is 1.81 bits per heavy atom. The van der Waals surface area contributed by atoms with E-state index in [2.05, 4.69) is 5.32 Å². The predicted octanol–water partition coefficient (Wildman–Crippen LogP) is 3.13. The Morgan fingerprint density at radius 3 is 2.41 bits per heavy atom. The van der Waals surface area contributed by atoms with Gasteiger partial charge >= 0.3 is 0 Å². The lowest BCUT2D eigenvalue weighted by Gasteiger charge is -2.23. The van der Waals surface area contributed by atoms with Crippen molar-refractivity contribution in [3.8, 4) is 5.75 Å². The van der Waals surface area contributed by atoms with Gasteiger partial charge in [0.25, 0.3) is 0 Å². The molecule has 0 aliphatic rings. The van der Waals surface area contributed by atoms with E-state index in [1.54, 1.807) is 19.2 Å². The van der Waals surface area contributed by atoms with Crippen molar-refractivity contribution < 1.29 is 17.9 Å². The maximum atomic E-state index is 12.2. The molecule has 0 saturated carbocycles. The lowest BCUT2D eigenvalue weighted by atomic mass is 10.1. The molecule has 6 nitrogen and oxygen atoms in total. The van der Waals surface area contributed by atoms with Crippen LogP contribution in [-0.4, -0.2) is 40.8 Å². The van der Waals surface area contributed by atoms with Crippen molar-refractivity contribution in [3.63, 3.8) is 0 Å². The van der Waals surface area contributed by atoms with Crippen LogP contribution in [-0.2, 0) is 21.2 Å². The smallest absolute Gasteiger partial charge is 0.240 e. The van der Waals surface area contributed by atoms with Crippen LogP contribution in [0.2, 0.25) is 10.0 Å². The number of anilines is 1. The molecule has 0 radical (unpaired) electrons. The molecule has 2 rings (SSSR count). The van der Waals surface area contributed by atoms with E-state index in [0.717, 1.165) is 21.9 Å². The average molecular weight is 431 g/mol. The second kappa shape index (κ2) is 9.30. The molecular formula is C18H20Cl2N2O4S. The largest absolute Gasteiger partial charge is 0.497 e. The number of ether oxygens (including phenoxy) is 1. The minimum absolute atomic E-state index is 0.0793. The first-order valence-corrected chi connectivity index (χ1v) is 10.6. The summed E-state index contributed by atoms with van der Waals surface area (Å²) in [4.78, 5) is 12.2. The van der Waals surface area contributed by atoms with Gasteiger partial charge in [-0.25, -0.2) is 8.42 Å². The average Bonchev–Trinajstić information content (AvgIpc) is 2.62. The third kappa shape index (κ3) is 6.02. The maximum Gasteiger partial charge on any atom is 0.240 e. The molecule has 0 spiro atoms. The van der Waals surface area contributed by atoms with Crippen LogP contribution in [0.3, 0.4) is 0 Å². The molecule has 0 aliphatic carbocycles. The summed E-state index contributed by atoms with van der Waals surface area (Å²) in [6.07, 6.45) is 1.61. The molecule has 146 valence electrons. The van der Waals surface area contributed by atoms with E-state index < -0.39 is 15.9 Å². The van der Waals surface area contributed by atoms with Crippen LogP contribution in [0.1, 0.15) is 5.56 Å². The highest BCUT2D eigenvalue weighted by molar-refractivity contribution is 7.92. The van der Waals surface area contributed by atoms with E-state index in [9.17, 15) is 13.2 Å². The fraction of sp³-hybridized carbons (Fsp3) is 0.278. The molecule has 0 aromatic heterocycles. The van der Waals surface area contributed by atoms with Gasteiger partial charge in [0, 0.05) is 6.54 Å². The van der Waals surface area contributed by atoms with E-state index in [4.69, 9.17) is 27.9 Å². The molecular weight excluding hydrogens is 411 g/mol. The van der Waals surface area contributed by atoms with Crippen molar-refractivity contribution in [1.82, 2.24) is 5.32 Å². The third-order valence-corrected chi connectivity index (χ3v) is 5.72. The van der Waals surface area contributed by atoms with E-state index >= 15 is 0 Å². The van der Waals surface area contributed by atoms with Crippen molar-refractivity contribution in [2.24, 2.45) is 0 Å². The topological polar surface area (TPSA) is 75.7 Å². The van der Waals surface area contributed by atoms with Crippen LogP contribution in [0.25, 0.3) is 0 Å². The molecule has 0 fully saturated rings. The molecule has 0 atom stereocenters. The van der Waals surface area contributed by atoms with Crippen molar-refractivity contribution in [3.05, 3.63) is 58.1 Å². The molecule has 0 saturated heterocycles. The number of benzene rings is 2. The summed E-state index contributed by atoms with van der Waals surface area (Å²) in [5.41, 5.74) is 1.19. The zero-order valence-corrected chi connectivity index (χ0v) is 17.2. The minimum Gasteiger partial charge on any atom is -0.497 e. The monoisotopic (exact) mass is 430 g/mol. The Bertz CT molecular complexity index is 902. The number of amides is 1. The molecule has 2 aromatic carbocycles. The van der Waals surface area contributed by atoms with Gasteiger partial charge in [0.2, 0.25) is 15.9 Å². The zero-order chi connectivity index (χ0) is 20.0. The van der Waals surface area contributed by atoms with Gasteiger partial charge in [-0.2, -0.15) is 0 Å². The lowest BCUT2D eigenvalue weighted by Crippen LogP contribution is -2.41. The Hall–Kier alpha value is -1.96. The van der Waals surface area contributed by atoms with Crippen molar-refractivity contribution in [1.29, 1.82) is 0 Å². The van der Waals surface area contributed by atoms with Crippen LogP contribution in [0.5, 0.6) is 5.75 Å². The minimum atomic E-state index is -3.72. The number of rotatable bonds is 8. The number of carbonyl (C=O) groups excluding carboxylic acids is 1. The van der Waals surface area contributed by atoms with Gasteiger partial charge in [0.1, 0.15) is 12.3 Å². The van der Waals surface area contributed by atoms with Crippen LogP contribution in [0.15, 0.2) is 42.5 Å². The molecule has 1 N–H and O–H groups in total. The molecule has 2 aromatic rings. The first-order chi connectivity index (χ1) is 12.7. The summed E-state index contributed by atoms with van der Waals surface area (Å²) in [6.45, 7) is -0.0203. The zero-order valence-electron chi connectivity index (χ0n) is 14.9. The normalized spacial score (nSPS) is 11.1. The van der Waals surface area contributed by atoms with Crippen molar-refractivity contribution in [2.45, 2.75) is 6.42 Å².